The van der Waals surface area contributed by atoms with Crippen LogP contribution in [0.5, 0.6) is 11.5 Å². The molecule has 8 heteroatoms. The summed E-state index contributed by atoms with van der Waals surface area (Å²) in [7, 11) is 0. The van der Waals surface area contributed by atoms with Crippen LogP contribution in [0.25, 0.3) is 10.4 Å². The Morgan fingerprint density at radius 1 is 0.969 bits per heavy atom. The quantitative estimate of drug-likeness (QED) is 0.565. The van der Waals surface area contributed by atoms with Gasteiger partial charge >= 0.3 is 0 Å². The summed E-state index contributed by atoms with van der Waals surface area (Å²) in [5, 5.41) is 3.64. The van der Waals surface area contributed by atoms with Gasteiger partial charge in [0, 0.05) is 40.7 Å². The minimum atomic E-state index is -0.127. The molecule has 3 heterocycles. The molecule has 1 fully saturated rings. The van der Waals surface area contributed by atoms with E-state index in [0.717, 1.165) is 10.4 Å². The molecular weight excluding hydrogens is 448 g/mol. The number of halogens is 1. The summed E-state index contributed by atoms with van der Waals surface area (Å²) >= 11 is 7.44. The SMILES string of the molecule is O=C(Nc1ccc2c(c1)OCO2)C1CCN(C(=O)c2ccc(-c3ccc(Cl)cc3)s2)CC1. The number of likely N-dealkylation sites (tertiary alicyclic amines) is 1. The van der Waals surface area contributed by atoms with Crippen molar-refractivity contribution in [2.75, 3.05) is 25.2 Å². The van der Waals surface area contributed by atoms with Crippen molar-refractivity contribution < 1.29 is 19.1 Å². The Kier molecular flexibility index (Phi) is 5.76. The molecule has 0 bridgehead atoms. The standard InChI is InChI=1S/C24H21ClN2O4S/c25-17-3-1-15(2-4-17)21-7-8-22(32-21)24(29)27-11-9-16(10-12-27)23(28)26-18-5-6-19-20(13-18)31-14-30-19/h1-8,13,16H,9-12,14H2,(H,26,28). The van der Waals surface area contributed by atoms with Crippen molar-refractivity contribution in [1.82, 2.24) is 4.90 Å². The smallest absolute Gasteiger partial charge is 0.263 e. The fourth-order valence-electron chi connectivity index (χ4n) is 3.94. The minimum absolute atomic E-state index is 0.0184. The summed E-state index contributed by atoms with van der Waals surface area (Å²) in [6, 6.07) is 16.8. The number of fused-ring (bicyclic) bond motifs is 1. The number of carbonyl (C=O) groups excluding carboxylic acids is 2. The Bertz CT molecular complexity index is 1150. The highest BCUT2D eigenvalue weighted by atomic mass is 35.5. The number of hydrogen-bond donors (Lipinski definition) is 1. The van der Waals surface area contributed by atoms with Gasteiger partial charge in [0.25, 0.3) is 5.91 Å². The van der Waals surface area contributed by atoms with Crippen LogP contribution in [0.15, 0.2) is 54.6 Å². The van der Waals surface area contributed by atoms with Crippen molar-refractivity contribution in [2.45, 2.75) is 12.8 Å². The zero-order valence-corrected chi connectivity index (χ0v) is 18.7. The minimum Gasteiger partial charge on any atom is -0.454 e. The number of ether oxygens (including phenoxy) is 2. The van der Waals surface area contributed by atoms with Gasteiger partial charge in [-0.15, -0.1) is 11.3 Å². The highest BCUT2D eigenvalue weighted by Crippen LogP contribution is 2.35. The zero-order valence-electron chi connectivity index (χ0n) is 17.2. The van der Waals surface area contributed by atoms with Crippen LogP contribution in [0.2, 0.25) is 5.02 Å². The van der Waals surface area contributed by atoms with E-state index >= 15 is 0 Å². The lowest BCUT2D eigenvalue weighted by molar-refractivity contribution is -0.121. The molecular formula is C24H21ClN2O4S. The van der Waals surface area contributed by atoms with Crippen LogP contribution in [0.3, 0.4) is 0 Å². The molecule has 3 aromatic rings. The lowest BCUT2D eigenvalue weighted by Gasteiger charge is -2.31. The predicted molar refractivity (Wildman–Crippen MR) is 125 cm³/mol. The third kappa shape index (κ3) is 4.31. The molecule has 32 heavy (non-hydrogen) atoms. The first-order valence-electron chi connectivity index (χ1n) is 10.4. The summed E-state index contributed by atoms with van der Waals surface area (Å²) in [5.74, 6) is 1.18. The Hall–Kier alpha value is -3.03. The van der Waals surface area contributed by atoms with Crippen LogP contribution in [-0.4, -0.2) is 36.6 Å². The van der Waals surface area contributed by atoms with Gasteiger partial charge < -0.3 is 19.7 Å². The molecule has 2 amide bonds. The zero-order chi connectivity index (χ0) is 22.1. The molecule has 0 atom stereocenters. The van der Waals surface area contributed by atoms with Crippen molar-refractivity contribution in [2.24, 2.45) is 5.92 Å². The van der Waals surface area contributed by atoms with E-state index in [2.05, 4.69) is 5.32 Å². The highest BCUT2D eigenvalue weighted by molar-refractivity contribution is 7.17. The van der Waals surface area contributed by atoms with Crippen molar-refractivity contribution in [1.29, 1.82) is 0 Å². The molecule has 2 aliphatic heterocycles. The van der Waals surface area contributed by atoms with E-state index < -0.39 is 0 Å². The number of nitrogens with zero attached hydrogens (tertiary/aromatic N) is 1. The van der Waals surface area contributed by atoms with Crippen molar-refractivity contribution in [3.05, 3.63) is 64.5 Å². The lowest BCUT2D eigenvalue weighted by Crippen LogP contribution is -2.41. The number of carbonyl (C=O) groups is 2. The topological polar surface area (TPSA) is 67.9 Å². The Morgan fingerprint density at radius 3 is 2.50 bits per heavy atom. The van der Waals surface area contributed by atoms with Gasteiger partial charge in [-0.2, -0.15) is 0 Å². The highest BCUT2D eigenvalue weighted by Gasteiger charge is 2.29. The van der Waals surface area contributed by atoms with Crippen LogP contribution >= 0.6 is 22.9 Å². The molecule has 0 radical (unpaired) electrons. The maximum absolute atomic E-state index is 13.0. The van der Waals surface area contributed by atoms with Crippen LogP contribution in [0.4, 0.5) is 5.69 Å². The van der Waals surface area contributed by atoms with Crippen LogP contribution in [0, 0.1) is 5.92 Å². The number of anilines is 1. The van der Waals surface area contributed by atoms with Crippen LogP contribution in [-0.2, 0) is 4.79 Å². The summed E-state index contributed by atoms with van der Waals surface area (Å²) in [5.41, 5.74) is 1.73. The van der Waals surface area contributed by atoms with Gasteiger partial charge in [-0.25, -0.2) is 0 Å². The maximum Gasteiger partial charge on any atom is 0.263 e. The monoisotopic (exact) mass is 468 g/mol. The fraction of sp³-hybridized carbons (Fsp3) is 0.250. The molecule has 0 unspecified atom stereocenters. The maximum atomic E-state index is 13.0. The van der Waals surface area contributed by atoms with E-state index in [0.29, 0.717) is 53.0 Å². The first kappa shape index (κ1) is 20.8. The Morgan fingerprint density at radius 2 is 1.72 bits per heavy atom. The molecule has 1 saturated heterocycles. The number of piperidine rings is 1. The normalized spacial score (nSPS) is 15.6. The first-order chi connectivity index (χ1) is 15.6. The summed E-state index contributed by atoms with van der Waals surface area (Å²) in [6.07, 6.45) is 1.27. The summed E-state index contributed by atoms with van der Waals surface area (Å²) in [6.45, 7) is 1.32. The van der Waals surface area contributed by atoms with Gasteiger partial charge in [0.1, 0.15) is 0 Å². The van der Waals surface area contributed by atoms with E-state index in [1.54, 1.807) is 18.2 Å². The van der Waals surface area contributed by atoms with Gasteiger partial charge in [-0.05, 0) is 54.8 Å². The Labute approximate surface area is 194 Å². The van der Waals surface area contributed by atoms with Gasteiger partial charge in [0.05, 0.1) is 4.88 Å². The second-order valence-corrected chi connectivity index (χ2v) is 9.31. The van der Waals surface area contributed by atoms with Crippen LogP contribution in [0.1, 0.15) is 22.5 Å². The van der Waals surface area contributed by atoms with E-state index in [9.17, 15) is 9.59 Å². The molecule has 0 aliphatic carbocycles. The second-order valence-electron chi connectivity index (χ2n) is 7.79. The number of thiophene rings is 1. The van der Waals surface area contributed by atoms with Crippen molar-refractivity contribution >= 4 is 40.4 Å². The average Bonchev–Trinajstić information content (AvgIpc) is 3.49. The molecule has 5 rings (SSSR count). The molecule has 2 aliphatic rings. The van der Waals surface area contributed by atoms with Crippen molar-refractivity contribution in [3.63, 3.8) is 0 Å². The van der Waals surface area contributed by atoms with E-state index in [1.165, 1.54) is 11.3 Å². The number of rotatable bonds is 4. The van der Waals surface area contributed by atoms with E-state index in [-0.39, 0.29) is 24.5 Å². The third-order valence-electron chi connectivity index (χ3n) is 5.74. The molecule has 2 aromatic carbocycles. The first-order valence-corrected chi connectivity index (χ1v) is 11.6. The molecule has 164 valence electrons. The predicted octanol–water partition coefficient (Wildman–Crippen LogP) is 5.29. The van der Waals surface area contributed by atoms with Gasteiger partial charge in [0.15, 0.2) is 11.5 Å². The summed E-state index contributed by atoms with van der Waals surface area (Å²) < 4.78 is 10.7. The summed E-state index contributed by atoms with van der Waals surface area (Å²) in [4.78, 5) is 29.2. The lowest BCUT2D eigenvalue weighted by atomic mass is 9.95. The molecule has 0 saturated carbocycles. The largest absolute Gasteiger partial charge is 0.454 e. The number of benzene rings is 2. The van der Waals surface area contributed by atoms with E-state index in [4.69, 9.17) is 21.1 Å². The van der Waals surface area contributed by atoms with Gasteiger partial charge in [0.2, 0.25) is 12.7 Å². The van der Waals surface area contributed by atoms with Gasteiger partial charge in [-0.1, -0.05) is 23.7 Å². The molecule has 0 spiro atoms. The number of hydrogen-bond acceptors (Lipinski definition) is 5. The van der Waals surface area contributed by atoms with E-state index in [1.807, 2.05) is 41.3 Å². The molecule has 1 N–H and O–H groups in total. The molecule has 6 nitrogen and oxygen atoms in total. The van der Waals surface area contributed by atoms with Crippen LogP contribution < -0.4 is 14.8 Å². The third-order valence-corrected chi connectivity index (χ3v) is 7.11. The fourth-order valence-corrected chi connectivity index (χ4v) is 5.05. The van der Waals surface area contributed by atoms with Crippen molar-refractivity contribution in [3.8, 4) is 21.9 Å². The number of nitrogens with one attached hydrogen (secondary N) is 1. The number of amides is 2. The molecule has 1 aromatic heterocycles. The average molecular weight is 469 g/mol. The Balaban J connectivity index is 1.17. The van der Waals surface area contributed by atoms with Gasteiger partial charge in [-0.3, -0.25) is 9.59 Å². The second kappa shape index (κ2) is 8.84.